The van der Waals surface area contributed by atoms with Crippen LogP contribution in [0.15, 0.2) is 36.4 Å². The Balaban J connectivity index is 1.81. The molecule has 2 aromatic carbocycles. The number of carbonyl (C=O) groups is 1. The van der Waals surface area contributed by atoms with Gasteiger partial charge in [0, 0.05) is 22.7 Å². The van der Waals surface area contributed by atoms with Gasteiger partial charge >= 0.3 is 5.97 Å². The van der Waals surface area contributed by atoms with Gasteiger partial charge in [0.2, 0.25) is 0 Å². The highest BCUT2D eigenvalue weighted by Gasteiger charge is 2.34. The lowest BCUT2D eigenvalue weighted by atomic mass is 9.85. The van der Waals surface area contributed by atoms with Gasteiger partial charge in [-0.05, 0) is 48.8 Å². The number of halogens is 1. The average molecular weight is 512 g/mol. The molecule has 1 unspecified atom stereocenters. The molecule has 6 heteroatoms. The van der Waals surface area contributed by atoms with Crippen LogP contribution in [0.1, 0.15) is 93.5 Å². The third kappa shape index (κ3) is 5.26. The van der Waals surface area contributed by atoms with E-state index in [0.717, 1.165) is 53.4 Å². The van der Waals surface area contributed by atoms with Crippen LogP contribution in [0.3, 0.4) is 0 Å². The monoisotopic (exact) mass is 511 g/mol. The average Bonchev–Trinajstić information content (AvgIpc) is 3.18. The topological polar surface area (TPSA) is 51.5 Å². The highest BCUT2D eigenvalue weighted by molar-refractivity contribution is 7.80. The van der Waals surface area contributed by atoms with Crippen LogP contribution in [0, 0.1) is 0 Å². The van der Waals surface area contributed by atoms with Crippen LogP contribution >= 0.6 is 23.8 Å². The fraction of sp³-hybridized carbons (Fsp3) is 0.448. The number of unbranched alkanes of at least 4 members (excludes halogenated alkanes) is 3. The third-order valence-corrected chi connectivity index (χ3v) is 7.68. The molecule has 1 aliphatic rings. The minimum Gasteiger partial charge on any atom is -0.494 e. The molecule has 0 bridgehead atoms. The summed E-state index contributed by atoms with van der Waals surface area (Å²) in [7, 11) is 0. The standard InChI is InChI=1S/C29H34ClNO3S/c1-4-5-6-7-15-34-21-16-23-26-22(29(32)33)9-8-10-25(26)31(27(23)24(30)17-21)28(35)20-13-11-19(12-14-20)18(2)3/h11-14,16-18,22H,4-10,15H2,1-3H3,(H,32,33). The zero-order chi connectivity index (χ0) is 25.1. The Hall–Kier alpha value is -2.37. The highest BCUT2D eigenvalue weighted by atomic mass is 35.5. The molecule has 0 saturated heterocycles. The van der Waals surface area contributed by atoms with Crippen LogP contribution in [0.2, 0.25) is 5.02 Å². The Labute approximate surface area is 218 Å². The SMILES string of the molecule is CCCCCCOc1cc(Cl)c2c(c1)c1c(n2C(=S)c2ccc(C(C)C)cc2)CCCC1C(=O)O. The van der Waals surface area contributed by atoms with Crippen LogP contribution in [0.25, 0.3) is 10.9 Å². The van der Waals surface area contributed by atoms with Crippen molar-refractivity contribution in [3.05, 3.63) is 63.8 Å². The molecule has 0 fully saturated rings. The van der Waals surface area contributed by atoms with E-state index in [-0.39, 0.29) is 0 Å². The van der Waals surface area contributed by atoms with Gasteiger partial charge in [-0.1, -0.05) is 88.1 Å². The second-order valence-corrected chi connectivity index (χ2v) is 10.6. The van der Waals surface area contributed by atoms with Crippen molar-refractivity contribution in [3.63, 3.8) is 0 Å². The maximum atomic E-state index is 12.2. The van der Waals surface area contributed by atoms with Gasteiger partial charge in [0.1, 0.15) is 10.7 Å². The fourth-order valence-corrected chi connectivity index (χ4v) is 5.72. The predicted molar refractivity (Wildman–Crippen MR) is 148 cm³/mol. The fourth-order valence-electron chi connectivity index (χ4n) is 5.08. The van der Waals surface area contributed by atoms with Crippen LogP contribution in [0.4, 0.5) is 0 Å². The number of ether oxygens (including phenoxy) is 1. The molecule has 0 aliphatic heterocycles. The first-order valence-electron chi connectivity index (χ1n) is 12.7. The first-order valence-corrected chi connectivity index (χ1v) is 13.5. The van der Waals surface area contributed by atoms with Gasteiger partial charge in [0.05, 0.1) is 23.1 Å². The molecule has 1 atom stereocenters. The van der Waals surface area contributed by atoms with Crippen molar-refractivity contribution in [2.75, 3.05) is 6.61 Å². The summed E-state index contributed by atoms with van der Waals surface area (Å²) in [5.74, 6) is -0.270. The van der Waals surface area contributed by atoms with Gasteiger partial charge < -0.3 is 14.4 Å². The number of aliphatic carboxylic acids is 1. The minimum absolute atomic E-state index is 0.434. The van der Waals surface area contributed by atoms with E-state index in [1.807, 2.05) is 16.7 Å². The Morgan fingerprint density at radius 2 is 1.94 bits per heavy atom. The van der Waals surface area contributed by atoms with Crippen LogP contribution in [-0.2, 0) is 11.2 Å². The van der Waals surface area contributed by atoms with Crippen molar-refractivity contribution in [2.45, 2.75) is 77.6 Å². The number of aromatic nitrogens is 1. The molecule has 0 saturated carbocycles. The summed E-state index contributed by atoms with van der Waals surface area (Å²) in [5.41, 5.74) is 4.74. The first kappa shape index (κ1) is 25.7. The van der Waals surface area contributed by atoms with Crippen molar-refractivity contribution in [1.29, 1.82) is 0 Å². The normalized spacial score (nSPS) is 15.4. The summed E-state index contributed by atoms with van der Waals surface area (Å²) in [6, 6.07) is 12.1. The van der Waals surface area contributed by atoms with E-state index in [2.05, 4.69) is 45.0 Å². The summed E-state index contributed by atoms with van der Waals surface area (Å²) < 4.78 is 8.06. The maximum Gasteiger partial charge on any atom is 0.311 e. The summed E-state index contributed by atoms with van der Waals surface area (Å²) in [6.45, 7) is 7.13. The van der Waals surface area contributed by atoms with E-state index < -0.39 is 11.9 Å². The molecule has 1 aromatic heterocycles. The van der Waals surface area contributed by atoms with Crippen molar-refractivity contribution >= 4 is 45.7 Å². The van der Waals surface area contributed by atoms with Crippen molar-refractivity contribution in [2.24, 2.45) is 0 Å². The summed E-state index contributed by atoms with van der Waals surface area (Å²) in [4.78, 5) is 12.9. The number of nitrogens with zero attached hydrogens (tertiary/aromatic N) is 1. The number of hydrogen-bond acceptors (Lipinski definition) is 3. The second-order valence-electron chi connectivity index (χ2n) is 9.77. The quantitative estimate of drug-likeness (QED) is 0.233. The Morgan fingerprint density at radius 3 is 2.60 bits per heavy atom. The molecular weight excluding hydrogens is 478 g/mol. The zero-order valence-electron chi connectivity index (χ0n) is 20.8. The molecule has 186 valence electrons. The van der Waals surface area contributed by atoms with Crippen molar-refractivity contribution in [1.82, 2.24) is 4.57 Å². The molecule has 3 aromatic rings. The molecule has 4 nitrogen and oxygen atoms in total. The molecular formula is C29H34ClNO3S. The maximum absolute atomic E-state index is 12.2. The number of thiocarbonyl (C=S) groups is 1. The lowest BCUT2D eigenvalue weighted by molar-refractivity contribution is -0.139. The molecule has 1 aliphatic carbocycles. The number of fused-ring (bicyclic) bond motifs is 3. The molecule has 1 heterocycles. The van der Waals surface area contributed by atoms with Crippen molar-refractivity contribution < 1.29 is 14.6 Å². The molecule has 0 radical (unpaired) electrons. The number of hydrogen-bond donors (Lipinski definition) is 1. The molecule has 0 amide bonds. The predicted octanol–water partition coefficient (Wildman–Crippen LogP) is 8.11. The summed E-state index contributed by atoms with van der Waals surface area (Å²) in [5, 5.41) is 11.4. The third-order valence-electron chi connectivity index (χ3n) is 6.98. The van der Waals surface area contributed by atoms with Gasteiger partial charge in [-0.15, -0.1) is 0 Å². The van der Waals surface area contributed by atoms with Gasteiger partial charge in [-0.3, -0.25) is 4.79 Å². The van der Waals surface area contributed by atoms with Crippen LogP contribution in [0.5, 0.6) is 5.75 Å². The lowest BCUT2D eigenvalue weighted by Gasteiger charge is -2.22. The Kier molecular flexibility index (Phi) is 8.18. The Morgan fingerprint density at radius 1 is 1.20 bits per heavy atom. The van der Waals surface area contributed by atoms with Gasteiger partial charge in [-0.25, -0.2) is 0 Å². The number of rotatable bonds is 9. The van der Waals surface area contributed by atoms with E-state index >= 15 is 0 Å². The molecule has 35 heavy (non-hydrogen) atoms. The van der Waals surface area contributed by atoms with E-state index in [0.29, 0.717) is 34.7 Å². The van der Waals surface area contributed by atoms with Crippen molar-refractivity contribution in [3.8, 4) is 5.75 Å². The highest BCUT2D eigenvalue weighted by Crippen LogP contribution is 2.43. The number of carboxylic acids is 1. The van der Waals surface area contributed by atoms with Crippen LogP contribution < -0.4 is 4.74 Å². The summed E-state index contributed by atoms with van der Waals surface area (Å²) in [6.07, 6.45) is 6.65. The molecule has 0 spiro atoms. The largest absolute Gasteiger partial charge is 0.494 e. The first-order chi connectivity index (χ1) is 16.8. The zero-order valence-corrected chi connectivity index (χ0v) is 22.3. The number of carboxylic acid groups (broad SMARTS) is 1. The van der Waals surface area contributed by atoms with Crippen LogP contribution in [-0.4, -0.2) is 27.2 Å². The molecule has 4 rings (SSSR count). The smallest absolute Gasteiger partial charge is 0.311 e. The van der Waals surface area contributed by atoms with Gasteiger partial charge in [0.25, 0.3) is 0 Å². The van der Waals surface area contributed by atoms with E-state index in [1.54, 1.807) is 0 Å². The molecule has 1 N–H and O–H groups in total. The minimum atomic E-state index is -0.806. The lowest BCUT2D eigenvalue weighted by Crippen LogP contribution is -2.21. The number of benzene rings is 2. The Bertz CT molecular complexity index is 1230. The van der Waals surface area contributed by atoms with Gasteiger partial charge in [-0.2, -0.15) is 0 Å². The van der Waals surface area contributed by atoms with Gasteiger partial charge in [0.15, 0.2) is 0 Å². The summed E-state index contributed by atoms with van der Waals surface area (Å²) >= 11 is 12.9. The second kappa shape index (κ2) is 11.1. The van der Waals surface area contributed by atoms with E-state index in [4.69, 9.17) is 28.6 Å². The van der Waals surface area contributed by atoms with E-state index in [1.165, 1.54) is 18.4 Å². The van der Waals surface area contributed by atoms with E-state index in [9.17, 15) is 9.90 Å².